The van der Waals surface area contributed by atoms with E-state index in [9.17, 15) is 14.0 Å². The summed E-state index contributed by atoms with van der Waals surface area (Å²) in [4.78, 5) is 23.4. The van der Waals surface area contributed by atoms with Crippen LogP contribution >= 0.6 is 15.9 Å². The minimum Gasteiger partial charge on any atom is -0.419 e. The van der Waals surface area contributed by atoms with Crippen LogP contribution in [0.15, 0.2) is 28.2 Å². The Balaban J connectivity index is 2.44. The van der Waals surface area contributed by atoms with E-state index in [-0.39, 0.29) is 11.1 Å². The molecule has 0 saturated carbocycles. The third-order valence-corrected chi connectivity index (χ3v) is 3.10. The van der Waals surface area contributed by atoms with E-state index in [1.54, 1.807) is 6.07 Å². The molecular weight excluding hydrogens is 319 g/mol. The lowest BCUT2D eigenvalue weighted by atomic mass is 10.1. The molecule has 1 aromatic rings. The van der Waals surface area contributed by atoms with Gasteiger partial charge >= 0.3 is 11.9 Å². The zero-order valence-electron chi connectivity index (χ0n) is 10.2. The largest absolute Gasteiger partial charge is 0.419 e. The molecule has 0 amide bonds. The molecule has 0 aliphatic carbocycles. The molecule has 2 rings (SSSR count). The number of carbonyl (C=O) groups excluding carboxylic acids is 2. The molecule has 0 aromatic heterocycles. The summed E-state index contributed by atoms with van der Waals surface area (Å²) in [5, 5.41) is 0. The van der Waals surface area contributed by atoms with Crippen LogP contribution in [0.2, 0.25) is 0 Å². The standard InChI is InChI=1S/C13H10BrFO4/c1-13(2)18-11(16)8(12(17)19-13)6-7-9(14)4-3-5-10(7)15/h3-6H,1-2H3. The predicted octanol–water partition coefficient (Wildman–Crippen LogP) is 2.81. The Morgan fingerprint density at radius 2 is 1.79 bits per heavy atom. The maximum atomic E-state index is 13.6. The number of benzene rings is 1. The maximum Gasteiger partial charge on any atom is 0.348 e. The molecule has 0 atom stereocenters. The van der Waals surface area contributed by atoms with Crippen molar-refractivity contribution in [2.75, 3.05) is 0 Å². The summed E-state index contributed by atoms with van der Waals surface area (Å²) in [6, 6.07) is 4.32. The number of halogens is 2. The molecule has 0 unspecified atom stereocenters. The fourth-order valence-corrected chi connectivity index (χ4v) is 2.03. The average molecular weight is 329 g/mol. The monoisotopic (exact) mass is 328 g/mol. The number of esters is 2. The van der Waals surface area contributed by atoms with Gasteiger partial charge in [0.2, 0.25) is 0 Å². The Kier molecular flexibility index (Phi) is 3.45. The molecule has 1 saturated heterocycles. The quantitative estimate of drug-likeness (QED) is 0.452. The fourth-order valence-electron chi connectivity index (χ4n) is 1.57. The fraction of sp³-hybridized carbons (Fsp3) is 0.231. The van der Waals surface area contributed by atoms with Gasteiger partial charge < -0.3 is 9.47 Å². The van der Waals surface area contributed by atoms with E-state index in [4.69, 9.17) is 9.47 Å². The SMILES string of the molecule is CC1(C)OC(=O)C(=Cc2c(F)cccc2Br)C(=O)O1. The summed E-state index contributed by atoms with van der Waals surface area (Å²) in [7, 11) is 0. The van der Waals surface area contributed by atoms with Gasteiger partial charge in [0.05, 0.1) is 0 Å². The molecule has 1 heterocycles. The van der Waals surface area contributed by atoms with E-state index in [0.717, 1.165) is 6.08 Å². The second-order valence-electron chi connectivity index (χ2n) is 4.37. The van der Waals surface area contributed by atoms with Crippen LogP contribution in [-0.4, -0.2) is 17.7 Å². The first kappa shape index (κ1) is 13.7. The van der Waals surface area contributed by atoms with Crippen molar-refractivity contribution in [1.82, 2.24) is 0 Å². The Bertz CT molecular complexity index is 550. The number of ether oxygens (including phenoxy) is 2. The van der Waals surface area contributed by atoms with Crippen LogP contribution in [0.25, 0.3) is 6.08 Å². The van der Waals surface area contributed by atoms with Crippen molar-refractivity contribution in [2.24, 2.45) is 0 Å². The van der Waals surface area contributed by atoms with Crippen molar-refractivity contribution in [2.45, 2.75) is 19.6 Å². The van der Waals surface area contributed by atoms with Crippen LogP contribution in [-0.2, 0) is 19.1 Å². The van der Waals surface area contributed by atoms with Crippen molar-refractivity contribution >= 4 is 33.9 Å². The molecule has 100 valence electrons. The summed E-state index contributed by atoms with van der Waals surface area (Å²) < 4.78 is 23.9. The van der Waals surface area contributed by atoms with Gasteiger partial charge in [0, 0.05) is 23.9 Å². The molecule has 0 N–H and O–H groups in total. The number of hydrogen-bond donors (Lipinski definition) is 0. The lowest BCUT2D eigenvalue weighted by Crippen LogP contribution is -2.41. The van der Waals surface area contributed by atoms with E-state index in [2.05, 4.69) is 15.9 Å². The van der Waals surface area contributed by atoms with Gasteiger partial charge in [0.25, 0.3) is 5.79 Å². The van der Waals surface area contributed by atoms with Crippen LogP contribution in [0.1, 0.15) is 19.4 Å². The summed E-state index contributed by atoms with van der Waals surface area (Å²) in [5.41, 5.74) is -0.253. The Hall–Kier alpha value is -1.69. The molecule has 1 aliphatic rings. The lowest BCUT2D eigenvalue weighted by molar-refractivity contribution is -0.222. The first-order valence-electron chi connectivity index (χ1n) is 5.42. The van der Waals surface area contributed by atoms with Crippen LogP contribution in [0.3, 0.4) is 0 Å². The minimum atomic E-state index is -1.31. The number of hydrogen-bond acceptors (Lipinski definition) is 4. The van der Waals surface area contributed by atoms with E-state index < -0.39 is 23.5 Å². The minimum absolute atomic E-state index is 0.0890. The van der Waals surface area contributed by atoms with E-state index in [1.165, 1.54) is 26.0 Å². The van der Waals surface area contributed by atoms with Crippen LogP contribution in [0.4, 0.5) is 4.39 Å². The van der Waals surface area contributed by atoms with Gasteiger partial charge in [-0.3, -0.25) is 0 Å². The van der Waals surface area contributed by atoms with Crippen molar-refractivity contribution in [1.29, 1.82) is 0 Å². The normalized spacial score (nSPS) is 17.8. The van der Waals surface area contributed by atoms with Crippen LogP contribution in [0, 0.1) is 5.82 Å². The molecule has 19 heavy (non-hydrogen) atoms. The third kappa shape index (κ3) is 2.84. The summed E-state index contributed by atoms with van der Waals surface area (Å²) in [6.07, 6.45) is 1.11. The van der Waals surface area contributed by atoms with Crippen molar-refractivity contribution in [3.05, 3.63) is 39.6 Å². The highest BCUT2D eigenvalue weighted by Crippen LogP contribution is 2.27. The Morgan fingerprint density at radius 3 is 2.32 bits per heavy atom. The first-order chi connectivity index (χ1) is 8.80. The van der Waals surface area contributed by atoms with Crippen LogP contribution < -0.4 is 0 Å². The second kappa shape index (κ2) is 4.77. The van der Waals surface area contributed by atoms with Crippen LogP contribution in [0.5, 0.6) is 0 Å². The highest BCUT2D eigenvalue weighted by Gasteiger charge is 2.39. The molecular formula is C13H10BrFO4. The molecule has 6 heteroatoms. The molecule has 1 fully saturated rings. The van der Waals surface area contributed by atoms with Gasteiger partial charge in [-0.05, 0) is 18.2 Å². The summed E-state index contributed by atoms with van der Waals surface area (Å²) in [5.74, 6) is -3.54. The second-order valence-corrected chi connectivity index (χ2v) is 5.23. The third-order valence-electron chi connectivity index (χ3n) is 2.41. The van der Waals surface area contributed by atoms with Gasteiger partial charge in [-0.1, -0.05) is 22.0 Å². The molecule has 4 nitrogen and oxygen atoms in total. The Labute approximate surface area is 117 Å². The zero-order valence-corrected chi connectivity index (χ0v) is 11.8. The number of cyclic esters (lactones) is 2. The average Bonchev–Trinajstić information content (AvgIpc) is 2.25. The van der Waals surface area contributed by atoms with Gasteiger partial charge in [0.1, 0.15) is 11.4 Å². The molecule has 1 aromatic carbocycles. The molecule has 0 bridgehead atoms. The van der Waals surface area contributed by atoms with Crippen molar-refractivity contribution in [3.63, 3.8) is 0 Å². The van der Waals surface area contributed by atoms with Gasteiger partial charge in [-0.25, -0.2) is 14.0 Å². The number of carbonyl (C=O) groups is 2. The van der Waals surface area contributed by atoms with Gasteiger partial charge in [0.15, 0.2) is 0 Å². The van der Waals surface area contributed by atoms with E-state index in [0.29, 0.717) is 4.47 Å². The topological polar surface area (TPSA) is 52.6 Å². The first-order valence-corrected chi connectivity index (χ1v) is 6.22. The smallest absolute Gasteiger partial charge is 0.348 e. The van der Waals surface area contributed by atoms with Gasteiger partial charge in [-0.2, -0.15) is 0 Å². The highest BCUT2D eigenvalue weighted by molar-refractivity contribution is 9.10. The van der Waals surface area contributed by atoms with Crippen molar-refractivity contribution < 1.29 is 23.5 Å². The van der Waals surface area contributed by atoms with E-state index >= 15 is 0 Å². The van der Waals surface area contributed by atoms with Gasteiger partial charge in [-0.15, -0.1) is 0 Å². The Morgan fingerprint density at radius 1 is 1.21 bits per heavy atom. The lowest BCUT2D eigenvalue weighted by Gasteiger charge is -2.29. The summed E-state index contributed by atoms with van der Waals surface area (Å²) >= 11 is 3.15. The van der Waals surface area contributed by atoms with Crippen molar-refractivity contribution in [3.8, 4) is 0 Å². The highest BCUT2D eigenvalue weighted by atomic mass is 79.9. The molecule has 0 spiro atoms. The summed E-state index contributed by atoms with van der Waals surface area (Å²) in [6.45, 7) is 2.89. The predicted molar refractivity (Wildman–Crippen MR) is 68.3 cm³/mol. The molecule has 0 radical (unpaired) electrons. The zero-order chi connectivity index (χ0) is 14.2. The molecule has 1 aliphatic heterocycles. The van der Waals surface area contributed by atoms with E-state index in [1.807, 2.05) is 0 Å². The maximum absolute atomic E-state index is 13.6. The number of rotatable bonds is 1.